The van der Waals surface area contributed by atoms with Gasteiger partial charge in [-0.05, 0) is 56.1 Å². The van der Waals surface area contributed by atoms with Crippen molar-refractivity contribution in [1.82, 2.24) is 4.90 Å². The van der Waals surface area contributed by atoms with Crippen molar-refractivity contribution in [2.75, 3.05) is 19.6 Å². The quantitative estimate of drug-likeness (QED) is 0.914. The third kappa shape index (κ3) is 2.68. The maximum Gasteiger partial charge on any atom is 0.124 e. The Hall–Kier alpha value is -0.640. The van der Waals surface area contributed by atoms with E-state index in [-0.39, 0.29) is 11.9 Å². The van der Waals surface area contributed by atoms with Gasteiger partial charge in [-0.25, -0.2) is 4.39 Å². The first-order valence-electron chi connectivity index (χ1n) is 6.56. The van der Waals surface area contributed by atoms with Crippen molar-refractivity contribution in [3.63, 3.8) is 0 Å². The first-order valence-corrected chi connectivity index (χ1v) is 6.94. The first kappa shape index (κ1) is 13.8. The molecular weight excluding hydrogens is 251 g/mol. The van der Waals surface area contributed by atoms with Gasteiger partial charge in [0.05, 0.1) is 0 Å². The highest BCUT2D eigenvalue weighted by atomic mass is 35.5. The highest BCUT2D eigenvalue weighted by Crippen LogP contribution is 2.38. The fourth-order valence-electron chi connectivity index (χ4n) is 2.95. The normalized spacial score (nSPS) is 25.3. The maximum absolute atomic E-state index is 13.2. The van der Waals surface area contributed by atoms with Crippen molar-refractivity contribution in [3.05, 3.63) is 34.6 Å². The van der Waals surface area contributed by atoms with Crippen LogP contribution in [0.4, 0.5) is 4.39 Å². The highest BCUT2D eigenvalue weighted by Gasteiger charge is 2.32. The van der Waals surface area contributed by atoms with E-state index in [9.17, 15) is 4.39 Å². The molecule has 2 unspecified atom stereocenters. The van der Waals surface area contributed by atoms with Crippen LogP contribution in [-0.2, 0) is 0 Å². The molecule has 1 aliphatic rings. The lowest BCUT2D eigenvalue weighted by Crippen LogP contribution is -2.41. The largest absolute Gasteiger partial charge is 0.330 e. The molecule has 1 saturated heterocycles. The highest BCUT2D eigenvalue weighted by molar-refractivity contribution is 6.31. The van der Waals surface area contributed by atoms with Gasteiger partial charge in [-0.15, -0.1) is 0 Å². The number of benzene rings is 1. The summed E-state index contributed by atoms with van der Waals surface area (Å²) in [4.78, 5) is 2.39. The van der Waals surface area contributed by atoms with Gasteiger partial charge >= 0.3 is 0 Å². The topological polar surface area (TPSA) is 29.3 Å². The molecular formula is C14H20ClFN2. The van der Waals surface area contributed by atoms with E-state index in [4.69, 9.17) is 17.3 Å². The predicted octanol–water partition coefficient (Wildman–Crippen LogP) is 3.21. The number of rotatable bonds is 3. The molecule has 0 spiro atoms. The summed E-state index contributed by atoms with van der Waals surface area (Å²) in [5, 5.41) is 0.513. The fourth-order valence-corrected chi connectivity index (χ4v) is 3.22. The van der Waals surface area contributed by atoms with Crippen LogP contribution in [0.2, 0.25) is 5.02 Å². The molecule has 0 bridgehead atoms. The van der Waals surface area contributed by atoms with Gasteiger partial charge in [0.1, 0.15) is 5.82 Å². The van der Waals surface area contributed by atoms with Gasteiger partial charge in [0, 0.05) is 11.1 Å². The van der Waals surface area contributed by atoms with Crippen LogP contribution in [0.5, 0.6) is 0 Å². The minimum absolute atomic E-state index is 0.224. The van der Waals surface area contributed by atoms with Gasteiger partial charge < -0.3 is 5.73 Å². The molecule has 1 fully saturated rings. The van der Waals surface area contributed by atoms with Crippen LogP contribution in [0.1, 0.15) is 31.4 Å². The monoisotopic (exact) mass is 270 g/mol. The second kappa shape index (κ2) is 6.00. The lowest BCUT2D eigenvalue weighted by atomic mass is 9.84. The molecule has 4 heteroatoms. The molecule has 0 amide bonds. The Morgan fingerprint density at radius 1 is 1.50 bits per heavy atom. The average Bonchev–Trinajstić information content (AvgIpc) is 2.38. The molecule has 2 atom stereocenters. The lowest BCUT2D eigenvalue weighted by Gasteiger charge is -2.41. The number of hydrogen-bond acceptors (Lipinski definition) is 2. The Morgan fingerprint density at radius 3 is 2.89 bits per heavy atom. The molecule has 100 valence electrons. The maximum atomic E-state index is 13.2. The molecule has 2 rings (SSSR count). The Balaban J connectivity index is 2.36. The zero-order valence-electron chi connectivity index (χ0n) is 10.7. The van der Waals surface area contributed by atoms with E-state index < -0.39 is 0 Å². The van der Waals surface area contributed by atoms with E-state index in [1.165, 1.54) is 18.6 Å². The molecule has 1 aromatic carbocycles. The zero-order chi connectivity index (χ0) is 13.1. The predicted molar refractivity (Wildman–Crippen MR) is 73.2 cm³/mol. The SMILES string of the molecule is CCN1CCCC(CN)C1c1ccc(F)cc1Cl. The van der Waals surface area contributed by atoms with Crippen molar-refractivity contribution >= 4 is 11.6 Å². The standard InChI is InChI=1S/C14H20ClFN2/c1-2-18-7-3-4-10(9-17)14(18)12-6-5-11(16)8-13(12)15/h5-6,8,10,14H,2-4,7,9,17H2,1H3. The van der Waals surface area contributed by atoms with Crippen molar-refractivity contribution < 1.29 is 4.39 Å². The van der Waals surface area contributed by atoms with Gasteiger partial charge in [0.15, 0.2) is 0 Å². The van der Waals surface area contributed by atoms with E-state index in [2.05, 4.69) is 11.8 Å². The van der Waals surface area contributed by atoms with Crippen molar-refractivity contribution in [3.8, 4) is 0 Å². The van der Waals surface area contributed by atoms with Crippen LogP contribution in [0.3, 0.4) is 0 Å². The van der Waals surface area contributed by atoms with E-state index in [1.807, 2.05) is 0 Å². The molecule has 1 aliphatic heterocycles. The third-order valence-corrected chi connectivity index (χ3v) is 4.18. The van der Waals surface area contributed by atoms with E-state index in [0.29, 0.717) is 17.5 Å². The van der Waals surface area contributed by atoms with E-state index in [0.717, 1.165) is 25.1 Å². The fraction of sp³-hybridized carbons (Fsp3) is 0.571. The molecule has 18 heavy (non-hydrogen) atoms. The van der Waals surface area contributed by atoms with Crippen LogP contribution in [-0.4, -0.2) is 24.5 Å². The van der Waals surface area contributed by atoms with E-state index in [1.54, 1.807) is 6.07 Å². The van der Waals surface area contributed by atoms with Gasteiger partial charge in [0.25, 0.3) is 0 Å². The Kier molecular flexibility index (Phi) is 4.60. The Labute approximate surface area is 113 Å². The van der Waals surface area contributed by atoms with Crippen LogP contribution in [0.25, 0.3) is 0 Å². The van der Waals surface area contributed by atoms with Gasteiger partial charge in [-0.2, -0.15) is 0 Å². The summed E-state index contributed by atoms with van der Waals surface area (Å²) in [7, 11) is 0. The summed E-state index contributed by atoms with van der Waals surface area (Å²) >= 11 is 6.20. The number of likely N-dealkylation sites (tertiary alicyclic amines) is 1. The number of halogens is 2. The Bertz CT molecular complexity index is 399. The summed E-state index contributed by atoms with van der Waals surface area (Å²) in [6.45, 7) is 4.82. The van der Waals surface area contributed by atoms with Crippen LogP contribution in [0, 0.1) is 11.7 Å². The molecule has 2 nitrogen and oxygen atoms in total. The molecule has 0 radical (unpaired) electrons. The average molecular weight is 271 g/mol. The van der Waals surface area contributed by atoms with Crippen LogP contribution < -0.4 is 5.73 Å². The summed E-state index contributed by atoms with van der Waals surface area (Å²) in [6.07, 6.45) is 2.29. The van der Waals surface area contributed by atoms with Gasteiger partial charge in [0.2, 0.25) is 0 Å². The number of hydrogen-bond donors (Lipinski definition) is 1. The van der Waals surface area contributed by atoms with Crippen molar-refractivity contribution in [2.45, 2.75) is 25.8 Å². The summed E-state index contributed by atoms with van der Waals surface area (Å²) in [5.41, 5.74) is 6.89. The molecule has 0 aromatic heterocycles. The second-order valence-electron chi connectivity index (χ2n) is 4.88. The minimum atomic E-state index is -0.285. The summed E-state index contributed by atoms with van der Waals surface area (Å²) in [5.74, 6) is 0.119. The number of nitrogens with zero attached hydrogens (tertiary/aromatic N) is 1. The van der Waals surface area contributed by atoms with Crippen LogP contribution in [0.15, 0.2) is 18.2 Å². The van der Waals surface area contributed by atoms with Crippen molar-refractivity contribution in [2.24, 2.45) is 11.7 Å². The zero-order valence-corrected chi connectivity index (χ0v) is 11.5. The molecule has 2 N–H and O–H groups in total. The van der Waals surface area contributed by atoms with Crippen molar-refractivity contribution in [1.29, 1.82) is 0 Å². The smallest absolute Gasteiger partial charge is 0.124 e. The first-order chi connectivity index (χ1) is 8.67. The number of piperidine rings is 1. The van der Waals surface area contributed by atoms with Crippen LogP contribution >= 0.6 is 11.6 Å². The number of nitrogens with two attached hydrogens (primary N) is 1. The minimum Gasteiger partial charge on any atom is -0.330 e. The third-order valence-electron chi connectivity index (χ3n) is 3.85. The molecule has 1 heterocycles. The summed E-state index contributed by atoms with van der Waals surface area (Å²) in [6, 6.07) is 4.91. The van der Waals surface area contributed by atoms with Gasteiger partial charge in [-0.1, -0.05) is 24.6 Å². The molecule has 0 aliphatic carbocycles. The van der Waals surface area contributed by atoms with Gasteiger partial charge in [-0.3, -0.25) is 4.90 Å². The summed E-state index contributed by atoms with van der Waals surface area (Å²) < 4.78 is 13.2. The van der Waals surface area contributed by atoms with E-state index >= 15 is 0 Å². The molecule has 0 saturated carbocycles. The second-order valence-corrected chi connectivity index (χ2v) is 5.28. The molecule has 1 aromatic rings. The lowest BCUT2D eigenvalue weighted by molar-refractivity contribution is 0.102. The Morgan fingerprint density at radius 2 is 2.28 bits per heavy atom.